The molecule has 6 nitrogen and oxygen atoms in total. The molecular formula is C25H23F3N2O4. The van der Waals surface area contributed by atoms with E-state index >= 15 is 0 Å². The highest BCUT2D eigenvalue weighted by Crippen LogP contribution is 2.39. The van der Waals surface area contributed by atoms with Gasteiger partial charge in [0.1, 0.15) is 12.4 Å². The highest BCUT2D eigenvalue weighted by molar-refractivity contribution is 5.95. The molecule has 178 valence electrons. The second-order valence-corrected chi connectivity index (χ2v) is 7.75. The van der Waals surface area contributed by atoms with Crippen molar-refractivity contribution in [3.05, 3.63) is 83.2 Å². The van der Waals surface area contributed by atoms with Crippen LogP contribution >= 0.6 is 0 Å². The van der Waals surface area contributed by atoms with Gasteiger partial charge in [0.15, 0.2) is 11.5 Å². The van der Waals surface area contributed by atoms with E-state index in [1.54, 1.807) is 42.6 Å². The minimum Gasteiger partial charge on any atom is -0.493 e. The molecule has 1 amide bonds. The summed E-state index contributed by atoms with van der Waals surface area (Å²) >= 11 is 0. The summed E-state index contributed by atoms with van der Waals surface area (Å²) in [5.41, 5.74) is 0.828. The monoisotopic (exact) mass is 472 g/mol. The largest absolute Gasteiger partial charge is 0.493 e. The number of nitrogens with zero attached hydrogens (tertiary/aromatic N) is 2. The number of methoxy groups -OCH3 is 2. The SMILES string of the molecule is COc1cc2c(cc1OC)C(COc1cccnc1)N(C(=O)c1cccc(C(F)(F)F)c1)CC2. The molecule has 0 radical (unpaired) electrons. The van der Waals surface area contributed by atoms with Crippen molar-refractivity contribution in [2.45, 2.75) is 18.6 Å². The zero-order valence-corrected chi connectivity index (χ0v) is 18.6. The Balaban J connectivity index is 1.72. The van der Waals surface area contributed by atoms with E-state index in [9.17, 15) is 18.0 Å². The van der Waals surface area contributed by atoms with Gasteiger partial charge in [-0.15, -0.1) is 0 Å². The van der Waals surface area contributed by atoms with Crippen molar-refractivity contribution in [1.82, 2.24) is 9.88 Å². The summed E-state index contributed by atoms with van der Waals surface area (Å²) in [6.45, 7) is 0.386. The van der Waals surface area contributed by atoms with E-state index in [4.69, 9.17) is 14.2 Å². The summed E-state index contributed by atoms with van der Waals surface area (Å²) in [6.07, 6.45) is -0.873. The van der Waals surface area contributed by atoms with Gasteiger partial charge >= 0.3 is 6.18 Å². The van der Waals surface area contributed by atoms with Gasteiger partial charge in [-0.25, -0.2) is 0 Å². The predicted molar refractivity (Wildman–Crippen MR) is 118 cm³/mol. The molecule has 4 rings (SSSR count). The Morgan fingerprint density at radius 2 is 1.85 bits per heavy atom. The third kappa shape index (κ3) is 4.78. The average Bonchev–Trinajstić information content (AvgIpc) is 2.86. The molecule has 1 unspecified atom stereocenters. The Morgan fingerprint density at radius 1 is 1.09 bits per heavy atom. The van der Waals surface area contributed by atoms with Gasteiger partial charge < -0.3 is 19.1 Å². The molecule has 0 N–H and O–H groups in total. The minimum absolute atomic E-state index is 0.0369. The van der Waals surface area contributed by atoms with Crippen molar-refractivity contribution >= 4 is 5.91 Å². The molecule has 0 fully saturated rings. The molecule has 0 bridgehead atoms. The number of carbonyl (C=O) groups excluding carboxylic acids is 1. The van der Waals surface area contributed by atoms with Gasteiger partial charge in [-0.1, -0.05) is 6.07 Å². The predicted octanol–water partition coefficient (Wildman–Crippen LogP) is 4.94. The fourth-order valence-electron chi connectivity index (χ4n) is 4.05. The maximum absolute atomic E-state index is 13.4. The Kier molecular flexibility index (Phi) is 6.63. The maximum atomic E-state index is 13.4. The molecule has 1 atom stereocenters. The van der Waals surface area contributed by atoms with Crippen molar-refractivity contribution in [1.29, 1.82) is 0 Å². The number of ether oxygens (including phenoxy) is 3. The lowest BCUT2D eigenvalue weighted by molar-refractivity contribution is -0.137. The topological polar surface area (TPSA) is 60.9 Å². The Labute approximate surface area is 194 Å². The number of alkyl halides is 3. The Bertz CT molecular complexity index is 1170. The van der Waals surface area contributed by atoms with E-state index in [1.807, 2.05) is 6.07 Å². The molecule has 0 saturated carbocycles. The smallest absolute Gasteiger partial charge is 0.416 e. The fraction of sp³-hybridized carbons (Fsp3) is 0.280. The van der Waals surface area contributed by atoms with Crippen molar-refractivity contribution < 1.29 is 32.2 Å². The third-order valence-corrected chi connectivity index (χ3v) is 5.74. The van der Waals surface area contributed by atoms with Crippen molar-refractivity contribution in [3.63, 3.8) is 0 Å². The van der Waals surface area contributed by atoms with E-state index < -0.39 is 23.7 Å². The molecule has 1 aliphatic rings. The number of amides is 1. The molecule has 0 spiro atoms. The second kappa shape index (κ2) is 9.62. The van der Waals surface area contributed by atoms with E-state index in [0.29, 0.717) is 30.2 Å². The normalized spacial score (nSPS) is 15.4. The summed E-state index contributed by atoms with van der Waals surface area (Å²) in [6, 6.07) is 11.0. The lowest BCUT2D eigenvalue weighted by Gasteiger charge is -2.37. The highest BCUT2D eigenvalue weighted by atomic mass is 19.4. The van der Waals surface area contributed by atoms with Gasteiger partial charge in [0.2, 0.25) is 0 Å². The first kappa shape index (κ1) is 23.4. The van der Waals surface area contributed by atoms with Crippen LogP contribution in [0.2, 0.25) is 0 Å². The van der Waals surface area contributed by atoms with Crippen molar-refractivity contribution in [2.75, 3.05) is 27.4 Å². The Morgan fingerprint density at radius 3 is 2.53 bits per heavy atom. The van der Waals surface area contributed by atoms with Gasteiger partial charge in [0.25, 0.3) is 5.91 Å². The zero-order chi connectivity index (χ0) is 24.3. The minimum atomic E-state index is -4.54. The van der Waals surface area contributed by atoms with Crippen LogP contribution in [0.1, 0.15) is 33.1 Å². The zero-order valence-electron chi connectivity index (χ0n) is 18.6. The summed E-state index contributed by atoms with van der Waals surface area (Å²) < 4.78 is 56.5. The molecule has 1 aliphatic heterocycles. The first-order valence-corrected chi connectivity index (χ1v) is 10.6. The molecule has 0 aliphatic carbocycles. The third-order valence-electron chi connectivity index (χ3n) is 5.74. The number of halogens is 3. The van der Waals surface area contributed by atoms with Crippen LogP contribution < -0.4 is 14.2 Å². The molecule has 34 heavy (non-hydrogen) atoms. The van der Waals surface area contributed by atoms with E-state index in [0.717, 1.165) is 23.3 Å². The average molecular weight is 472 g/mol. The standard InChI is InChI=1S/C25H23F3N2O4/c1-32-22-12-16-8-10-30(24(31)17-5-3-6-18(11-17)25(26,27)28)21(20(16)13-23(22)33-2)15-34-19-7-4-9-29-14-19/h3-7,9,11-14,21H,8,10,15H2,1-2H3. The van der Waals surface area contributed by atoms with Crippen molar-refractivity contribution in [3.8, 4) is 17.2 Å². The maximum Gasteiger partial charge on any atom is 0.416 e. The number of rotatable bonds is 6. The van der Waals surface area contributed by atoms with Gasteiger partial charge in [-0.2, -0.15) is 13.2 Å². The summed E-state index contributed by atoms with van der Waals surface area (Å²) in [7, 11) is 3.05. The fourth-order valence-corrected chi connectivity index (χ4v) is 4.05. The quantitative estimate of drug-likeness (QED) is 0.509. The number of carbonyl (C=O) groups is 1. The summed E-state index contributed by atoms with van der Waals surface area (Å²) in [4.78, 5) is 19.0. The number of pyridine rings is 1. The van der Waals surface area contributed by atoms with Gasteiger partial charge in [0.05, 0.1) is 32.0 Å². The first-order valence-electron chi connectivity index (χ1n) is 10.6. The van der Waals surface area contributed by atoms with Crippen LogP contribution in [-0.2, 0) is 12.6 Å². The summed E-state index contributed by atoms with van der Waals surface area (Å²) in [5.74, 6) is 1.06. The van der Waals surface area contributed by atoms with Crippen molar-refractivity contribution in [2.24, 2.45) is 0 Å². The molecule has 9 heteroatoms. The van der Waals surface area contributed by atoms with Crippen LogP contribution in [-0.4, -0.2) is 43.2 Å². The first-order chi connectivity index (χ1) is 16.3. The molecule has 2 aromatic carbocycles. The lowest BCUT2D eigenvalue weighted by Crippen LogP contribution is -2.42. The Hall–Kier alpha value is -3.75. The van der Waals surface area contributed by atoms with Crippen LogP contribution in [0.3, 0.4) is 0 Å². The van der Waals surface area contributed by atoms with E-state index in [1.165, 1.54) is 19.2 Å². The molecular weight excluding hydrogens is 449 g/mol. The van der Waals surface area contributed by atoms with E-state index in [-0.39, 0.29) is 12.2 Å². The van der Waals surface area contributed by atoms with E-state index in [2.05, 4.69) is 4.98 Å². The second-order valence-electron chi connectivity index (χ2n) is 7.75. The molecule has 1 aromatic heterocycles. The molecule has 2 heterocycles. The molecule has 0 saturated heterocycles. The number of hydrogen-bond donors (Lipinski definition) is 0. The van der Waals surface area contributed by atoms with Gasteiger partial charge in [0, 0.05) is 18.3 Å². The number of benzene rings is 2. The van der Waals surface area contributed by atoms with Crippen LogP contribution in [0.25, 0.3) is 0 Å². The molecule has 3 aromatic rings. The van der Waals surface area contributed by atoms with Gasteiger partial charge in [-0.05, 0) is 60.0 Å². The summed E-state index contributed by atoms with van der Waals surface area (Å²) in [5, 5.41) is 0. The number of hydrogen-bond acceptors (Lipinski definition) is 5. The van der Waals surface area contributed by atoms with Crippen LogP contribution in [0, 0.1) is 0 Å². The van der Waals surface area contributed by atoms with Crippen LogP contribution in [0.4, 0.5) is 13.2 Å². The highest BCUT2D eigenvalue weighted by Gasteiger charge is 2.35. The lowest BCUT2D eigenvalue weighted by atomic mass is 9.91. The van der Waals surface area contributed by atoms with Crippen LogP contribution in [0.5, 0.6) is 17.2 Å². The van der Waals surface area contributed by atoms with Gasteiger partial charge in [-0.3, -0.25) is 9.78 Å². The number of fused-ring (bicyclic) bond motifs is 1. The van der Waals surface area contributed by atoms with Crippen LogP contribution in [0.15, 0.2) is 60.9 Å². The number of aromatic nitrogens is 1.